The van der Waals surface area contributed by atoms with Crippen molar-refractivity contribution in [2.75, 3.05) is 7.11 Å². The maximum atomic E-state index is 11.1. The minimum Gasteiger partial charge on any atom is -0.464 e. The van der Waals surface area contributed by atoms with Gasteiger partial charge in [0.2, 0.25) is 0 Å². The molecule has 0 atom stereocenters. The number of rotatable bonds is 1. The Morgan fingerprint density at radius 2 is 2.33 bits per heavy atom. The number of carbonyl (C=O) groups is 1. The summed E-state index contributed by atoms with van der Waals surface area (Å²) in [6.07, 6.45) is 1.61. The SMILES string of the molecule is COC(=O)c1nc(C)cnc1I. The quantitative estimate of drug-likeness (QED) is 0.571. The maximum Gasteiger partial charge on any atom is 0.359 e. The number of hydrogen-bond donors (Lipinski definition) is 0. The van der Waals surface area contributed by atoms with Gasteiger partial charge < -0.3 is 4.74 Å². The molecule has 64 valence electrons. The summed E-state index contributed by atoms with van der Waals surface area (Å²) in [5, 5.41) is 0. The summed E-state index contributed by atoms with van der Waals surface area (Å²) < 4.78 is 5.09. The lowest BCUT2D eigenvalue weighted by molar-refractivity contribution is 0.0591. The summed E-state index contributed by atoms with van der Waals surface area (Å²) >= 11 is 1.94. The Morgan fingerprint density at radius 1 is 1.67 bits per heavy atom. The Kier molecular flexibility index (Phi) is 2.96. The average molecular weight is 278 g/mol. The van der Waals surface area contributed by atoms with E-state index in [1.54, 1.807) is 13.1 Å². The molecular formula is C7H7IN2O2. The van der Waals surface area contributed by atoms with Crippen molar-refractivity contribution in [1.29, 1.82) is 0 Å². The molecule has 12 heavy (non-hydrogen) atoms. The molecule has 1 aromatic rings. The summed E-state index contributed by atoms with van der Waals surface area (Å²) in [4.78, 5) is 19.0. The number of halogens is 1. The van der Waals surface area contributed by atoms with Crippen molar-refractivity contribution in [3.05, 3.63) is 21.3 Å². The second-order valence-electron chi connectivity index (χ2n) is 2.14. The fourth-order valence-corrected chi connectivity index (χ4v) is 1.17. The van der Waals surface area contributed by atoms with Gasteiger partial charge in [0.1, 0.15) is 3.70 Å². The lowest BCUT2D eigenvalue weighted by Crippen LogP contribution is -2.09. The van der Waals surface area contributed by atoms with Crippen LogP contribution >= 0.6 is 22.6 Å². The van der Waals surface area contributed by atoms with Crippen molar-refractivity contribution in [2.45, 2.75) is 6.92 Å². The molecular weight excluding hydrogens is 271 g/mol. The first-order valence-corrected chi connectivity index (χ1v) is 4.30. The highest BCUT2D eigenvalue weighted by Crippen LogP contribution is 2.07. The molecule has 0 aliphatic heterocycles. The van der Waals surface area contributed by atoms with Crippen LogP contribution in [-0.2, 0) is 4.74 Å². The molecule has 0 saturated heterocycles. The molecule has 0 fully saturated rings. The largest absolute Gasteiger partial charge is 0.464 e. The zero-order valence-corrected chi connectivity index (χ0v) is 8.82. The lowest BCUT2D eigenvalue weighted by atomic mass is 10.4. The van der Waals surface area contributed by atoms with E-state index in [0.717, 1.165) is 0 Å². The van der Waals surface area contributed by atoms with E-state index < -0.39 is 5.97 Å². The van der Waals surface area contributed by atoms with Crippen molar-refractivity contribution in [1.82, 2.24) is 9.97 Å². The standard InChI is InChI=1S/C7H7IN2O2/c1-4-3-9-6(8)5(10-4)7(11)12-2/h3H,1-2H3. The molecule has 0 unspecified atom stereocenters. The molecule has 0 spiro atoms. The molecule has 0 aromatic carbocycles. The zero-order chi connectivity index (χ0) is 9.14. The smallest absolute Gasteiger partial charge is 0.359 e. The monoisotopic (exact) mass is 278 g/mol. The van der Waals surface area contributed by atoms with Crippen molar-refractivity contribution >= 4 is 28.6 Å². The van der Waals surface area contributed by atoms with Crippen LogP contribution in [-0.4, -0.2) is 23.0 Å². The Balaban J connectivity index is 3.13. The van der Waals surface area contributed by atoms with Crippen LogP contribution in [0.1, 0.15) is 16.2 Å². The predicted octanol–water partition coefficient (Wildman–Crippen LogP) is 1.18. The third kappa shape index (κ3) is 1.90. The van der Waals surface area contributed by atoms with E-state index >= 15 is 0 Å². The summed E-state index contributed by atoms with van der Waals surface area (Å²) in [6.45, 7) is 1.77. The number of aryl methyl sites for hydroxylation is 1. The fraction of sp³-hybridized carbons (Fsp3) is 0.286. The van der Waals surface area contributed by atoms with E-state index in [4.69, 9.17) is 0 Å². The second kappa shape index (κ2) is 3.79. The average Bonchev–Trinajstić information content (AvgIpc) is 2.08. The maximum absolute atomic E-state index is 11.1. The summed E-state index contributed by atoms with van der Waals surface area (Å²) in [7, 11) is 1.32. The van der Waals surface area contributed by atoms with Gasteiger partial charge in [-0.25, -0.2) is 14.8 Å². The number of esters is 1. The van der Waals surface area contributed by atoms with Gasteiger partial charge in [-0.3, -0.25) is 0 Å². The number of methoxy groups -OCH3 is 1. The highest BCUT2D eigenvalue weighted by atomic mass is 127. The van der Waals surface area contributed by atoms with E-state index in [9.17, 15) is 4.79 Å². The van der Waals surface area contributed by atoms with Crippen molar-refractivity contribution in [2.24, 2.45) is 0 Å². The van der Waals surface area contributed by atoms with Crippen LogP contribution in [0.25, 0.3) is 0 Å². The van der Waals surface area contributed by atoms with E-state index in [1.165, 1.54) is 7.11 Å². The van der Waals surface area contributed by atoms with Crippen LogP contribution in [0, 0.1) is 10.6 Å². The second-order valence-corrected chi connectivity index (χ2v) is 3.16. The highest BCUT2D eigenvalue weighted by molar-refractivity contribution is 14.1. The van der Waals surface area contributed by atoms with Gasteiger partial charge in [0.25, 0.3) is 0 Å². The third-order valence-corrected chi connectivity index (χ3v) is 2.02. The molecule has 0 aliphatic carbocycles. The van der Waals surface area contributed by atoms with E-state index in [1.807, 2.05) is 22.6 Å². The van der Waals surface area contributed by atoms with Crippen LogP contribution in [0.4, 0.5) is 0 Å². The first-order chi connectivity index (χ1) is 5.65. The predicted molar refractivity (Wildman–Crippen MR) is 50.8 cm³/mol. The molecule has 4 nitrogen and oxygen atoms in total. The summed E-state index contributed by atoms with van der Waals surface area (Å²) in [5.41, 5.74) is 0.980. The number of aromatic nitrogens is 2. The topological polar surface area (TPSA) is 52.1 Å². The van der Waals surface area contributed by atoms with Crippen molar-refractivity contribution < 1.29 is 9.53 Å². The van der Waals surface area contributed by atoms with Gasteiger partial charge in [-0.2, -0.15) is 0 Å². The first kappa shape index (κ1) is 9.37. The molecule has 0 radical (unpaired) electrons. The van der Waals surface area contributed by atoms with Crippen LogP contribution < -0.4 is 0 Å². The van der Waals surface area contributed by atoms with Crippen LogP contribution in [0.15, 0.2) is 6.20 Å². The molecule has 0 N–H and O–H groups in total. The van der Waals surface area contributed by atoms with E-state index in [-0.39, 0.29) is 5.69 Å². The minimum absolute atomic E-state index is 0.276. The molecule has 1 aromatic heterocycles. The van der Waals surface area contributed by atoms with Gasteiger partial charge in [0.15, 0.2) is 5.69 Å². The first-order valence-electron chi connectivity index (χ1n) is 3.22. The molecule has 0 bridgehead atoms. The summed E-state index contributed by atoms with van der Waals surface area (Å²) in [5.74, 6) is -0.449. The number of nitrogens with zero attached hydrogens (tertiary/aromatic N) is 2. The molecule has 1 heterocycles. The van der Waals surface area contributed by atoms with Crippen molar-refractivity contribution in [3.8, 4) is 0 Å². The molecule has 1 rings (SSSR count). The Hall–Kier alpha value is -0.720. The Bertz CT molecular complexity index is 314. The molecule has 0 aliphatic rings. The van der Waals surface area contributed by atoms with Crippen molar-refractivity contribution in [3.63, 3.8) is 0 Å². The van der Waals surface area contributed by atoms with Gasteiger partial charge in [-0.05, 0) is 29.5 Å². The van der Waals surface area contributed by atoms with E-state index in [0.29, 0.717) is 9.39 Å². The van der Waals surface area contributed by atoms with Gasteiger partial charge in [0, 0.05) is 6.20 Å². The lowest BCUT2D eigenvalue weighted by Gasteiger charge is -2.00. The van der Waals surface area contributed by atoms with Crippen LogP contribution in [0.5, 0.6) is 0 Å². The Morgan fingerprint density at radius 3 is 2.92 bits per heavy atom. The zero-order valence-electron chi connectivity index (χ0n) is 6.67. The van der Waals surface area contributed by atoms with Crippen LogP contribution in [0.3, 0.4) is 0 Å². The molecule has 0 saturated carbocycles. The molecule has 0 amide bonds. The number of carbonyl (C=O) groups excluding carboxylic acids is 1. The normalized spacial score (nSPS) is 9.58. The summed E-state index contributed by atoms with van der Waals surface area (Å²) in [6, 6.07) is 0. The Labute approximate surface area is 83.5 Å². The van der Waals surface area contributed by atoms with Crippen LogP contribution in [0.2, 0.25) is 0 Å². The third-order valence-electron chi connectivity index (χ3n) is 1.23. The highest BCUT2D eigenvalue weighted by Gasteiger charge is 2.12. The fourth-order valence-electron chi connectivity index (χ4n) is 0.689. The molecule has 5 heteroatoms. The van der Waals surface area contributed by atoms with E-state index in [2.05, 4.69) is 14.7 Å². The minimum atomic E-state index is -0.449. The number of hydrogen-bond acceptors (Lipinski definition) is 4. The van der Waals surface area contributed by atoms with Gasteiger partial charge in [-0.1, -0.05) is 0 Å². The number of ether oxygens (including phenoxy) is 1. The van der Waals surface area contributed by atoms with Gasteiger partial charge in [0.05, 0.1) is 12.8 Å². The van der Waals surface area contributed by atoms with Gasteiger partial charge in [-0.15, -0.1) is 0 Å². The van der Waals surface area contributed by atoms with Gasteiger partial charge >= 0.3 is 5.97 Å².